The van der Waals surface area contributed by atoms with E-state index in [9.17, 15) is 15.0 Å². The van der Waals surface area contributed by atoms with E-state index in [1.807, 2.05) is 12.1 Å². The number of benzene rings is 2. The van der Waals surface area contributed by atoms with Gasteiger partial charge in [-0.2, -0.15) is 0 Å². The van der Waals surface area contributed by atoms with Crippen molar-refractivity contribution in [2.75, 3.05) is 27.9 Å². The van der Waals surface area contributed by atoms with Crippen LogP contribution in [-0.4, -0.2) is 49.4 Å². The van der Waals surface area contributed by atoms with Crippen LogP contribution in [-0.2, 0) is 17.6 Å². The Morgan fingerprint density at radius 2 is 1.74 bits per heavy atom. The van der Waals surface area contributed by atoms with Gasteiger partial charge in [-0.25, -0.2) is 0 Å². The predicted molar refractivity (Wildman–Crippen MR) is 98.8 cm³/mol. The number of carbonyl (C=O) groups is 1. The molecule has 0 saturated heterocycles. The van der Waals surface area contributed by atoms with Crippen molar-refractivity contribution in [3.8, 4) is 28.7 Å². The highest BCUT2D eigenvalue weighted by Crippen LogP contribution is 2.42. The summed E-state index contributed by atoms with van der Waals surface area (Å²) in [4.78, 5) is 13.3. The zero-order valence-electron chi connectivity index (χ0n) is 15.6. The summed E-state index contributed by atoms with van der Waals surface area (Å²) in [6, 6.07) is 6.27. The van der Waals surface area contributed by atoms with Crippen molar-refractivity contribution in [3.05, 3.63) is 41.0 Å². The number of nitrogens with zero attached hydrogens (tertiary/aromatic N) is 1. The molecule has 0 radical (unpaired) electrons. The predicted octanol–water partition coefficient (Wildman–Crippen LogP) is 2.42. The van der Waals surface area contributed by atoms with Crippen LogP contribution in [0.25, 0.3) is 0 Å². The number of phenols is 2. The molecule has 1 aliphatic rings. The van der Waals surface area contributed by atoms with E-state index in [0.717, 1.165) is 23.1 Å². The number of aromatic hydroxyl groups is 2. The molecule has 0 aromatic heterocycles. The van der Waals surface area contributed by atoms with Gasteiger partial charge in [0.1, 0.15) is 11.5 Å². The number of ether oxygens (including phenoxy) is 3. The van der Waals surface area contributed by atoms with Crippen LogP contribution in [0.2, 0.25) is 0 Å². The summed E-state index contributed by atoms with van der Waals surface area (Å²) < 4.78 is 16.2. The largest absolute Gasteiger partial charge is 0.508 e. The topological polar surface area (TPSA) is 88.5 Å². The smallest absolute Gasteiger partial charge is 0.210 e. The van der Waals surface area contributed by atoms with E-state index in [0.29, 0.717) is 36.6 Å². The standard InChI is InChI=1S/C20H23NO6/c1-25-18-7-12(8-19(26-2)20(18)27-3)6-16-15-9-13(23)10-17(24)14(15)4-5-21(16)11-22/h7-11,16,23-24H,4-6H2,1-3H3. The Morgan fingerprint density at radius 3 is 2.30 bits per heavy atom. The molecule has 2 aromatic rings. The lowest BCUT2D eigenvalue weighted by Gasteiger charge is -2.35. The zero-order chi connectivity index (χ0) is 19.6. The van der Waals surface area contributed by atoms with E-state index in [-0.39, 0.29) is 17.5 Å². The van der Waals surface area contributed by atoms with Crippen LogP contribution < -0.4 is 14.2 Å². The van der Waals surface area contributed by atoms with Gasteiger partial charge in [-0.1, -0.05) is 0 Å². The molecular formula is C20H23NO6. The third-order valence-electron chi connectivity index (χ3n) is 4.91. The van der Waals surface area contributed by atoms with Crippen LogP contribution in [0, 0.1) is 0 Å². The third kappa shape index (κ3) is 3.45. The third-order valence-corrected chi connectivity index (χ3v) is 4.91. The van der Waals surface area contributed by atoms with Gasteiger partial charge < -0.3 is 29.3 Å². The van der Waals surface area contributed by atoms with Gasteiger partial charge in [0.15, 0.2) is 11.5 Å². The summed E-state index contributed by atoms with van der Waals surface area (Å²) in [6.07, 6.45) is 1.80. The zero-order valence-corrected chi connectivity index (χ0v) is 15.6. The number of methoxy groups -OCH3 is 3. The summed E-state index contributed by atoms with van der Waals surface area (Å²) in [6.45, 7) is 0.490. The van der Waals surface area contributed by atoms with Crippen LogP contribution in [0.3, 0.4) is 0 Å². The SMILES string of the molecule is COc1cc(CC2c3cc(O)cc(O)c3CCN2C=O)cc(OC)c1OC. The van der Waals surface area contributed by atoms with Gasteiger partial charge >= 0.3 is 0 Å². The van der Waals surface area contributed by atoms with Gasteiger partial charge in [0.2, 0.25) is 12.2 Å². The van der Waals surface area contributed by atoms with Crippen molar-refractivity contribution < 1.29 is 29.2 Å². The lowest BCUT2D eigenvalue weighted by atomic mass is 9.88. The van der Waals surface area contributed by atoms with E-state index in [1.54, 1.807) is 25.2 Å². The fourth-order valence-electron chi connectivity index (χ4n) is 3.64. The highest BCUT2D eigenvalue weighted by Gasteiger charge is 2.29. The van der Waals surface area contributed by atoms with Crippen molar-refractivity contribution in [2.45, 2.75) is 18.9 Å². The Labute approximate surface area is 157 Å². The van der Waals surface area contributed by atoms with Crippen molar-refractivity contribution >= 4 is 6.41 Å². The van der Waals surface area contributed by atoms with E-state index in [1.165, 1.54) is 13.2 Å². The first-order valence-corrected chi connectivity index (χ1v) is 8.57. The molecule has 1 unspecified atom stereocenters. The maximum atomic E-state index is 11.6. The molecule has 0 fully saturated rings. The molecular weight excluding hydrogens is 350 g/mol. The van der Waals surface area contributed by atoms with Gasteiger partial charge in [-0.15, -0.1) is 0 Å². The van der Waals surface area contributed by atoms with Crippen LogP contribution in [0.1, 0.15) is 22.7 Å². The number of amides is 1. The van der Waals surface area contributed by atoms with Crippen LogP contribution in [0.15, 0.2) is 24.3 Å². The normalized spacial score (nSPS) is 15.8. The molecule has 0 aliphatic carbocycles. The van der Waals surface area contributed by atoms with Gasteiger partial charge in [-0.05, 0) is 42.2 Å². The Bertz CT molecular complexity index is 826. The molecule has 1 heterocycles. The number of carbonyl (C=O) groups excluding carboxylic acids is 1. The van der Waals surface area contributed by atoms with E-state index in [4.69, 9.17) is 14.2 Å². The fraction of sp³-hybridized carbons (Fsp3) is 0.350. The lowest BCUT2D eigenvalue weighted by Crippen LogP contribution is -2.35. The van der Waals surface area contributed by atoms with Crippen LogP contribution in [0.5, 0.6) is 28.7 Å². The summed E-state index contributed by atoms with van der Waals surface area (Å²) in [7, 11) is 4.63. The molecule has 1 atom stereocenters. The first-order chi connectivity index (χ1) is 13.0. The van der Waals surface area contributed by atoms with Gasteiger partial charge in [-0.3, -0.25) is 4.79 Å². The second-order valence-corrected chi connectivity index (χ2v) is 6.38. The Balaban J connectivity index is 2.05. The molecule has 0 spiro atoms. The maximum absolute atomic E-state index is 11.6. The molecule has 7 nitrogen and oxygen atoms in total. The highest BCUT2D eigenvalue weighted by molar-refractivity contribution is 5.57. The molecule has 144 valence electrons. The average Bonchev–Trinajstić information content (AvgIpc) is 2.67. The minimum absolute atomic E-state index is 0.0334. The molecule has 0 bridgehead atoms. The minimum atomic E-state index is -0.327. The van der Waals surface area contributed by atoms with Crippen molar-refractivity contribution in [3.63, 3.8) is 0 Å². The van der Waals surface area contributed by atoms with Crippen molar-refractivity contribution in [1.29, 1.82) is 0 Å². The first kappa shape index (κ1) is 18.7. The molecule has 0 saturated carbocycles. The molecule has 1 aliphatic heterocycles. The Hall–Kier alpha value is -3.09. The second-order valence-electron chi connectivity index (χ2n) is 6.38. The van der Waals surface area contributed by atoms with Crippen molar-refractivity contribution in [2.24, 2.45) is 0 Å². The maximum Gasteiger partial charge on any atom is 0.210 e. The number of rotatable bonds is 6. The molecule has 27 heavy (non-hydrogen) atoms. The van der Waals surface area contributed by atoms with Crippen LogP contribution >= 0.6 is 0 Å². The molecule has 7 heteroatoms. The number of fused-ring (bicyclic) bond motifs is 1. The second kappa shape index (κ2) is 7.65. The molecule has 2 N–H and O–H groups in total. The fourth-order valence-corrected chi connectivity index (χ4v) is 3.64. The Kier molecular flexibility index (Phi) is 5.30. The Morgan fingerprint density at radius 1 is 1.07 bits per heavy atom. The summed E-state index contributed by atoms with van der Waals surface area (Å²) in [5.41, 5.74) is 2.36. The quantitative estimate of drug-likeness (QED) is 0.756. The number of hydrogen-bond donors (Lipinski definition) is 2. The van der Waals surface area contributed by atoms with Gasteiger partial charge in [0.05, 0.1) is 27.4 Å². The van der Waals surface area contributed by atoms with Gasteiger partial charge in [0, 0.05) is 18.2 Å². The van der Waals surface area contributed by atoms with E-state index >= 15 is 0 Å². The highest BCUT2D eigenvalue weighted by atomic mass is 16.5. The minimum Gasteiger partial charge on any atom is -0.508 e. The number of phenolic OH excluding ortho intramolecular Hbond substituents is 2. The van der Waals surface area contributed by atoms with Crippen LogP contribution in [0.4, 0.5) is 0 Å². The van der Waals surface area contributed by atoms with E-state index < -0.39 is 0 Å². The monoisotopic (exact) mass is 373 g/mol. The molecule has 2 aromatic carbocycles. The lowest BCUT2D eigenvalue weighted by molar-refractivity contribution is -0.120. The molecule has 1 amide bonds. The van der Waals surface area contributed by atoms with E-state index in [2.05, 4.69) is 0 Å². The first-order valence-electron chi connectivity index (χ1n) is 8.57. The summed E-state index contributed by atoms with van der Waals surface area (Å²) >= 11 is 0. The van der Waals surface area contributed by atoms with Crippen molar-refractivity contribution in [1.82, 2.24) is 4.90 Å². The summed E-state index contributed by atoms with van der Waals surface area (Å²) in [5.74, 6) is 1.56. The average molecular weight is 373 g/mol. The molecule has 3 rings (SSSR count). The summed E-state index contributed by atoms with van der Waals surface area (Å²) in [5, 5.41) is 20.1. The number of hydrogen-bond acceptors (Lipinski definition) is 6. The van der Waals surface area contributed by atoms with Gasteiger partial charge in [0.25, 0.3) is 0 Å².